The Kier molecular flexibility index (Phi) is 6.52. The topological polar surface area (TPSA) is 63.4 Å². The smallest absolute Gasteiger partial charge is 0.243 e. The Morgan fingerprint density at radius 2 is 1.90 bits per heavy atom. The molecule has 0 radical (unpaired) electrons. The van der Waals surface area contributed by atoms with E-state index in [1.165, 1.54) is 17.2 Å². The molecule has 1 saturated heterocycles. The highest BCUT2D eigenvalue weighted by Gasteiger charge is 2.17. The van der Waals surface area contributed by atoms with Crippen LogP contribution in [0.5, 0.6) is 0 Å². The summed E-state index contributed by atoms with van der Waals surface area (Å²) in [5, 5.41) is 7.48. The molecule has 0 saturated carbocycles. The Morgan fingerprint density at radius 1 is 1.13 bits per heavy atom. The van der Waals surface area contributed by atoms with Crippen LogP contribution in [0.2, 0.25) is 0 Å². The molecule has 1 unspecified atom stereocenters. The van der Waals surface area contributed by atoms with Gasteiger partial charge in [-0.25, -0.2) is 4.39 Å². The van der Waals surface area contributed by atoms with Crippen molar-refractivity contribution in [3.8, 4) is 11.4 Å². The van der Waals surface area contributed by atoms with Crippen molar-refractivity contribution in [3.63, 3.8) is 0 Å². The number of aryl methyl sites for hydroxylation is 1. The van der Waals surface area contributed by atoms with Crippen molar-refractivity contribution in [1.29, 1.82) is 0 Å². The second-order valence-corrected chi connectivity index (χ2v) is 7.68. The Bertz CT molecular complexity index is 985. The molecule has 2 aromatic carbocycles. The van der Waals surface area contributed by atoms with Crippen LogP contribution in [0.15, 0.2) is 47.0 Å². The number of hydrogen-bond acceptors (Lipinski definition) is 6. The van der Waals surface area contributed by atoms with Crippen molar-refractivity contribution in [2.75, 3.05) is 26.3 Å². The predicted molar refractivity (Wildman–Crippen MR) is 112 cm³/mol. The molecule has 30 heavy (non-hydrogen) atoms. The third kappa shape index (κ3) is 4.92. The van der Waals surface area contributed by atoms with E-state index in [-0.39, 0.29) is 11.9 Å². The third-order valence-electron chi connectivity index (χ3n) is 5.46. The zero-order valence-corrected chi connectivity index (χ0v) is 17.4. The minimum absolute atomic E-state index is 0.127. The molecule has 0 aliphatic carbocycles. The van der Waals surface area contributed by atoms with Gasteiger partial charge in [0.2, 0.25) is 11.7 Å². The monoisotopic (exact) mass is 410 g/mol. The maximum Gasteiger partial charge on any atom is 0.243 e. The van der Waals surface area contributed by atoms with E-state index in [1.54, 1.807) is 19.1 Å². The van der Waals surface area contributed by atoms with Gasteiger partial charge in [-0.1, -0.05) is 41.6 Å². The number of rotatable bonds is 7. The van der Waals surface area contributed by atoms with Gasteiger partial charge in [-0.15, -0.1) is 0 Å². The number of aromatic nitrogens is 2. The Morgan fingerprint density at radius 3 is 2.67 bits per heavy atom. The normalized spacial score (nSPS) is 16.0. The standard InChI is InChI=1S/C23H27FN4O2/c1-16-7-8-18(13-21(16)24)22-26-23(30-27-22)17(2)25-14-19-5-3-4-6-20(19)15-28-9-11-29-12-10-28/h3-8,13,17,25H,9-12,14-15H2,1-2H3. The Hall–Kier alpha value is -2.61. The van der Waals surface area contributed by atoms with Gasteiger partial charge in [-0.2, -0.15) is 4.98 Å². The highest BCUT2D eigenvalue weighted by molar-refractivity contribution is 5.55. The molecule has 0 spiro atoms. The first-order valence-electron chi connectivity index (χ1n) is 10.3. The summed E-state index contributed by atoms with van der Waals surface area (Å²) in [6, 6.07) is 13.3. The largest absolute Gasteiger partial charge is 0.379 e. The lowest BCUT2D eigenvalue weighted by Crippen LogP contribution is -2.36. The minimum Gasteiger partial charge on any atom is -0.379 e. The van der Waals surface area contributed by atoms with E-state index in [4.69, 9.17) is 9.26 Å². The molecule has 1 fully saturated rings. The Balaban J connectivity index is 1.40. The summed E-state index contributed by atoms with van der Waals surface area (Å²) in [6.45, 7) is 8.83. The van der Waals surface area contributed by atoms with Gasteiger partial charge in [0.05, 0.1) is 19.3 Å². The summed E-state index contributed by atoms with van der Waals surface area (Å²) in [5.41, 5.74) is 3.75. The highest BCUT2D eigenvalue weighted by Crippen LogP contribution is 2.21. The van der Waals surface area contributed by atoms with Crippen molar-refractivity contribution in [3.05, 3.63) is 70.9 Å². The number of hydrogen-bond donors (Lipinski definition) is 1. The second kappa shape index (κ2) is 9.47. The maximum absolute atomic E-state index is 13.8. The lowest BCUT2D eigenvalue weighted by atomic mass is 10.1. The fraction of sp³-hybridized carbons (Fsp3) is 0.391. The van der Waals surface area contributed by atoms with Gasteiger partial charge in [0.1, 0.15) is 5.82 Å². The van der Waals surface area contributed by atoms with Crippen molar-refractivity contribution in [2.45, 2.75) is 33.0 Å². The van der Waals surface area contributed by atoms with Crippen LogP contribution in [0, 0.1) is 12.7 Å². The lowest BCUT2D eigenvalue weighted by Gasteiger charge is -2.27. The summed E-state index contributed by atoms with van der Waals surface area (Å²) in [4.78, 5) is 6.86. The van der Waals surface area contributed by atoms with E-state index in [0.29, 0.717) is 29.4 Å². The van der Waals surface area contributed by atoms with Crippen molar-refractivity contribution >= 4 is 0 Å². The molecule has 0 bridgehead atoms. The average Bonchev–Trinajstić information content (AvgIpc) is 3.26. The van der Waals surface area contributed by atoms with Crippen LogP contribution in [0.3, 0.4) is 0 Å². The van der Waals surface area contributed by atoms with E-state index in [9.17, 15) is 4.39 Å². The van der Waals surface area contributed by atoms with E-state index in [1.807, 2.05) is 6.92 Å². The molecule has 7 heteroatoms. The molecule has 1 N–H and O–H groups in total. The lowest BCUT2D eigenvalue weighted by molar-refractivity contribution is 0.0340. The first-order chi connectivity index (χ1) is 14.6. The van der Waals surface area contributed by atoms with Gasteiger partial charge in [-0.3, -0.25) is 4.90 Å². The summed E-state index contributed by atoms with van der Waals surface area (Å²) in [6.07, 6.45) is 0. The third-order valence-corrected chi connectivity index (χ3v) is 5.46. The molecule has 4 rings (SSSR count). The summed E-state index contributed by atoms with van der Waals surface area (Å²) < 4.78 is 24.7. The second-order valence-electron chi connectivity index (χ2n) is 7.68. The van der Waals surface area contributed by atoms with Crippen LogP contribution in [-0.4, -0.2) is 41.3 Å². The summed E-state index contributed by atoms with van der Waals surface area (Å²) in [5.74, 6) is 0.601. The zero-order valence-electron chi connectivity index (χ0n) is 17.4. The van der Waals surface area contributed by atoms with Crippen LogP contribution in [0.1, 0.15) is 35.5 Å². The first kappa shape index (κ1) is 20.7. The fourth-order valence-electron chi connectivity index (χ4n) is 3.50. The molecular formula is C23H27FN4O2. The molecule has 158 valence electrons. The van der Waals surface area contributed by atoms with Gasteiger partial charge in [0.25, 0.3) is 0 Å². The highest BCUT2D eigenvalue weighted by atomic mass is 19.1. The van der Waals surface area contributed by atoms with Gasteiger partial charge in [0.15, 0.2) is 0 Å². The van der Waals surface area contributed by atoms with Crippen LogP contribution >= 0.6 is 0 Å². The van der Waals surface area contributed by atoms with E-state index in [2.05, 4.69) is 44.6 Å². The number of morpholine rings is 1. The van der Waals surface area contributed by atoms with Crippen LogP contribution in [-0.2, 0) is 17.8 Å². The maximum atomic E-state index is 13.8. The quantitative estimate of drug-likeness (QED) is 0.638. The molecule has 3 aromatic rings. The van der Waals surface area contributed by atoms with Gasteiger partial charge in [-0.05, 0) is 36.6 Å². The van der Waals surface area contributed by atoms with Gasteiger partial charge in [0, 0.05) is 31.7 Å². The summed E-state index contributed by atoms with van der Waals surface area (Å²) >= 11 is 0. The fourth-order valence-corrected chi connectivity index (χ4v) is 3.50. The predicted octanol–water partition coefficient (Wildman–Crippen LogP) is 3.87. The minimum atomic E-state index is -0.276. The number of benzene rings is 2. The molecule has 2 heterocycles. The average molecular weight is 410 g/mol. The van der Waals surface area contributed by atoms with Gasteiger partial charge >= 0.3 is 0 Å². The molecule has 1 atom stereocenters. The number of halogens is 1. The van der Waals surface area contributed by atoms with Crippen LogP contribution < -0.4 is 5.32 Å². The van der Waals surface area contributed by atoms with Crippen LogP contribution in [0.4, 0.5) is 4.39 Å². The molecule has 6 nitrogen and oxygen atoms in total. The number of ether oxygens (including phenoxy) is 1. The molecule has 1 aromatic heterocycles. The van der Waals surface area contributed by atoms with Crippen LogP contribution in [0.25, 0.3) is 11.4 Å². The number of nitrogens with zero attached hydrogens (tertiary/aromatic N) is 3. The Labute approximate surface area is 176 Å². The number of nitrogens with one attached hydrogen (secondary N) is 1. The SMILES string of the molecule is Cc1ccc(-c2noc(C(C)NCc3ccccc3CN3CCOCC3)n2)cc1F. The van der Waals surface area contributed by atoms with Crippen molar-refractivity contribution < 1.29 is 13.7 Å². The first-order valence-corrected chi connectivity index (χ1v) is 10.3. The zero-order chi connectivity index (χ0) is 20.9. The summed E-state index contributed by atoms with van der Waals surface area (Å²) in [7, 11) is 0. The molecule has 0 amide bonds. The molecule has 1 aliphatic heterocycles. The van der Waals surface area contributed by atoms with Crippen molar-refractivity contribution in [2.24, 2.45) is 0 Å². The van der Waals surface area contributed by atoms with E-state index < -0.39 is 0 Å². The van der Waals surface area contributed by atoms with Crippen molar-refractivity contribution in [1.82, 2.24) is 20.4 Å². The van der Waals surface area contributed by atoms with Gasteiger partial charge < -0.3 is 14.6 Å². The van der Waals surface area contributed by atoms with E-state index in [0.717, 1.165) is 32.8 Å². The van der Waals surface area contributed by atoms with E-state index >= 15 is 0 Å². The molecule has 1 aliphatic rings. The molecular weight excluding hydrogens is 383 g/mol.